The lowest BCUT2D eigenvalue weighted by atomic mass is 10.1. The number of hydrogen-bond acceptors (Lipinski definition) is 4. The molecule has 0 saturated heterocycles. The summed E-state index contributed by atoms with van der Waals surface area (Å²) >= 11 is 6.00. The Hall–Kier alpha value is -2.98. The van der Waals surface area contributed by atoms with Crippen LogP contribution in [0.2, 0.25) is 5.02 Å². The molecule has 3 rings (SSSR count). The second-order valence-corrected chi connectivity index (χ2v) is 5.91. The monoisotopic (exact) mass is 368 g/mol. The lowest BCUT2D eigenvalue weighted by Gasteiger charge is -2.07. The molecule has 0 spiro atoms. The summed E-state index contributed by atoms with van der Waals surface area (Å²) in [6.07, 6.45) is 3.06. The highest BCUT2D eigenvalue weighted by atomic mass is 35.5. The van der Waals surface area contributed by atoms with Crippen LogP contribution in [0, 0.1) is 0 Å². The first-order chi connectivity index (χ1) is 12.6. The second-order valence-electron chi connectivity index (χ2n) is 5.48. The highest BCUT2D eigenvalue weighted by Crippen LogP contribution is 2.27. The average Bonchev–Trinajstić information content (AvgIpc) is 3.14. The number of halogens is 1. The first-order valence-corrected chi connectivity index (χ1v) is 8.28. The van der Waals surface area contributed by atoms with Crippen molar-refractivity contribution >= 4 is 23.5 Å². The number of carbonyl (C=O) groups is 1. The molecule has 1 aromatic heterocycles. The zero-order valence-electron chi connectivity index (χ0n) is 14.4. The quantitative estimate of drug-likeness (QED) is 0.425. The van der Waals surface area contributed by atoms with Gasteiger partial charge in [0.15, 0.2) is 5.78 Å². The molecule has 5 heteroatoms. The molecule has 132 valence electrons. The van der Waals surface area contributed by atoms with Gasteiger partial charge < -0.3 is 13.9 Å². The first kappa shape index (κ1) is 17.8. The van der Waals surface area contributed by atoms with E-state index in [0.29, 0.717) is 33.6 Å². The molecule has 0 aliphatic heterocycles. The largest absolute Gasteiger partial charge is 0.497 e. The van der Waals surface area contributed by atoms with Crippen LogP contribution in [-0.4, -0.2) is 20.0 Å². The van der Waals surface area contributed by atoms with Gasteiger partial charge in [-0.3, -0.25) is 4.79 Å². The molecule has 0 N–H and O–H groups in total. The highest BCUT2D eigenvalue weighted by Gasteiger charge is 2.11. The first-order valence-electron chi connectivity index (χ1n) is 7.91. The van der Waals surface area contributed by atoms with E-state index in [1.54, 1.807) is 43.5 Å². The minimum atomic E-state index is -0.207. The van der Waals surface area contributed by atoms with Crippen LogP contribution < -0.4 is 9.47 Å². The van der Waals surface area contributed by atoms with E-state index in [1.165, 1.54) is 13.2 Å². The van der Waals surface area contributed by atoms with E-state index in [2.05, 4.69) is 0 Å². The van der Waals surface area contributed by atoms with Crippen LogP contribution >= 0.6 is 11.6 Å². The van der Waals surface area contributed by atoms with Gasteiger partial charge in [-0.05, 0) is 54.6 Å². The van der Waals surface area contributed by atoms with E-state index >= 15 is 0 Å². The van der Waals surface area contributed by atoms with Crippen LogP contribution in [0.1, 0.15) is 16.1 Å². The van der Waals surface area contributed by atoms with E-state index < -0.39 is 0 Å². The maximum atomic E-state index is 12.5. The van der Waals surface area contributed by atoms with Gasteiger partial charge in [0.05, 0.1) is 19.8 Å². The molecule has 26 heavy (non-hydrogen) atoms. The highest BCUT2D eigenvalue weighted by molar-refractivity contribution is 6.30. The number of methoxy groups -OCH3 is 2. The maximum Gasteiger partial charge on any atom is 0.189 e. The van der Waals surface area contributed by atoms with Gasteiger partial charge >= 0.3 is 0 Å². The fourth-order valence-corrected chi connectivity index (χ4v) is 2.68. The van der Waals surface area contributed by atoms with Crippen LogP contribution in [-0.2, 0) is 0 Å². The summed E-state index contributed by atoms with van der Waals surface area (Å²) in [6, 6.07) is 16.1. The molecular weight excluding hydrogens is 352 g/mol. The number of ketones is 1. The van der Waals surface area contributed by atoms with E-state index in [1.807, 2.05) is 24.3 Å². The van der Waals surface area contributed by atoms with Gasteiger partial charge in [0, 0.05) is 10.6 Å². The molecule has 0 aliphatic rings. The Balaban J connectivity index is 1.81. The molecule has 0 bridgehead atoms. The van der Waals surface area contributed by atoms with Gasteiger partial charge in [-0.1, -0.05) is 23.7 Å². The van der Waals surface area contributed by atoms with Crippen molar-refractivity contribution in [1.82, 2.24) is 0 Å². The van der Waals surface area contributed by atoms with E-state index in [0.717, 1.165) is 5.56 Å². The van der Waals surface area contributed by atoms with Crippen molar-refractivity contribution in [2.45, 2.75) is 0 Å². The van der Waals surface area contributed by atoms with Crippen LogP contribution in [0.4, 0.5) is 0 Å². The van der Waals surface area contributed by atoms with Gasteiger partial charge in [0.2, 0.25) is 0 Å². The number of benzene rings is 2. The number of rotatable bonds is 6. The van der Waals surface area contributed by atoms with Gasteiger partial charge in [-0.2, -0.15) is 0 Å². The number of allylic oxidation sites excluding steroid dienone is 1. The predicted molar refractivity (Wildman–Crippen MR) is 102 cm³/mol. The van der Waals surface area contributed by atoms with Crippen molar-refractivity contribution in [3.8, 4) is 22.8 Å². The van der Waals surface area contributed by atoms with Gasteiger partial charge in [-0.25, -0.2) is 0 Å². The number of ether oxygens (including phenoxy) is 2. The zero-order chi connectivity index (χ0) is 18.5. The van der Waals surface area contributed by atoms with E-state index in [9.17, 15) is 4.79 Å². The summed E-state index contributed by atoms with van der Waals surface area (Å²) < 4.78 is 16.2. The summed E-state index contributed by atoms with van der Waals surface area (Å²) in [7, 11) is 3.07. The SMILES string of the molecule is COc1ccc(OC)c(C(=O)/C=C/c2ccc(-c3cccc(Cl)c3)o2)c1. The summed E-state index contributed by atoms with van der Waals surface area (Å²) in [5.41, 5.74) is 1.29. The van der Waals surface area contributed by atoms with Crippen LogP contribution in [0.3, 0.4) is 0 Å². The Morgan fingerprint density at radius 3 is 2.62 bits per heavy atom. The lowest BCUT2D eigenvalue weighted by Crippen LogP contribution is -1.99. The van der Waals surface area contributed by atoms with Crippen LogP contribution in [0.25, 0.3) is 17.4 Å². The number of hydrogen-bond donors (Lipinski definition) is 0. The van der Waals surface area contributed by atoms with Gasteiger partial charge in [-0.15, -0.1) is 0 Å². The van der Waals surface area contributed by atoms with E-state index in [-0.39, 0.29) is 5.78 Å². The predicted octanol–water partition coefficient (Wildman–Crippen LogP) is 5.51. The molecule has 0 amide bonds. The Kier molecular flexibility index (Phi) is 5.44. The Morgan fingerprint density at radius 1 is 1.04 bits per heavy atom. The minimum absolute atomic E-state index is 0.207. The normalized spacial score (nSPS) is 10.9. The third-order valence-electron chi connectivity index (χ3n) is 3.81. The third-order valence-corrected chi connectivity index (χ3v) is 4.04. The third kappa shape index (κ3) is 3.98. The van der Waals surface area contributed by atoms with Gasteiger partial charge in [0.25, 0.3) is 0 Å². The van der Waals surface area contributed by atoms with Crippen LogP contribution in [0.15, 0.2) is 65.1 Å². The van der Waals surface area contributed by atoms with Crippen molar-refractivity contribution in [3.05, 3.63) is 77.0 Å². The standard InChI is InChI=1S/C21H17ClO4/c1-24-17-8-11-21(25-2)18(13-17)19(23)9-6-16-7-10-20(26-16)14-4-3-5-15(22)12-14/h3-13H,1-2H3/b9-6+. The Labute approximate surface area is 156 Å². The molecule has 0 aliphatic carbocycles. The fourth-order valence-electron chi connectivity index (χ4n) is 2.49. The van der Waals surface area contributed by atoms with E-state index in [4.69, 9.17) is 25.5 Å². The lowest BCUT2D eigenvalue weighted by molar-refractivity contribution is 0.104. The summed E-state index contributed by atoms with van der Waals surface area (Å²) in [5.74, 6) is 2.11. The number of carbonyl (C=O) groups excluding carboxylic acids is 1. The zero-order valence-corrected chi connectivity index (χ0v) is 15.1. The van der Waals surface area contributed by atoms with Crippen molar-refractivity contribution < 1.29 is 18.7 Å². The molecule has 4 nitrogen and oxygen atoms in total. The molecule has 1 heterocycles. The Bertz CT molecular complexity index is 956. The minimum Gasteiger partial charge on any atom is -0.497 e. The molecule has 2 aromatic carbocycles. The Morgan fingerprint density at radius 2 is 1.88 bits per heavy atom. The molecular formula is C21H17ClO4. The van der Waals surface area contributed by atoms with Crippen molar-refractivity contribution in [2.75, 3.05) is 14.2 Å². The molecule has 0 saturated carbocycles. The molecule has 0 radical (unpaired) electrons. The van der Waals surface area contributed by atoms with Crippen molar-refractivity contribution in [2.24, 2.45) is 0 Å². The topological polar surface area (TPSA) is 48.7 Å². The number of furan rings is 1. The average molecular weight is 369 g/mol. The molecule has 0 unspecified atom stereocenters. The fraction of sp³-hybridized carbons (Fsp3) is 0.0952. The summed E-state index contributed by atoms with van der Waals surface area (Å²) in [5, 5.41) is 0.635. The second kappa shape index (κ2) is 7.93. The smallest absolute Gasteiger partial charge is 0.189 e. The van der Waals surface area contributed by atoms with Gasteiger partial charge in [0.1, 0.15) is 23.0 Å². The summed E-state index contributed by atoms with van der Waals surface area (Å²) in [4.78, 5) is 12.5. The molecule has 0 fully saturated rings. The van der Waals surface area contributed by atoms with Crippen molar-refractivity contribution in [3.63, 3.8) is 0 Å². The maximum absolute atomic E-state index is 12.5. The molecule has 0 atom stereocenters. The van der Waals surface area contributed by atoms with Crippen LogP contribution in [0.5, 0.6) is 11.5 Å². The van der Waals surface area contributed by atoms with Crippen molar-refractivity contribution in [1.29, 1.82) is 0 Å². The summed E-state index contributed by atoms with van der Waals surface area (Å²) in [6.45, 7) is 0. The molecule has 3 aromatic rings.